The van der Waals surface area contributed by atoms with Gasteiger partial charge in [0.25, 0.3) is 11.7 Å². The molecule has 28 heavy (non-hydrogen) atoms. The Labute approximate surface area is 162 Å². The van der Waals surface area contributed by atoms with Gasteiger partial charge in [0.2, 0.25) is 5.52 Å². The number of carbonyl (C=O) groups is 1. The van der Waals surface area contributed by atoms with E-state index in [4.69, 9.17) is 4.74 Å². The van der Waals surface area contributed by atoms with Crippen molar-refractivity contribution in [1.82, 2.24) is 4.98 Å². The summed E-state index contributed by atoms with van der Waals surface area (Å²) in [4.78, 5) is 17.8. The van der Waals surface area contributed by atoms with Gasteiger partial charge in [-0.25, -0.2) is 9.37 Å². The van der Waals surface area contributed by atoms with Crippen molar-refractivity contribution in [1.29, 1.82) is 0 Å². The summed E-state index contributed by atoms with van der Waals surface area (Å²) in [5.74, 6) is -1.00. The van der Waals surface area contributed by atoms with E-state index in [2.05, 4.69) is 4.98 Å². The zero-order chi connectivity index (χ0) is 19.8. The first-order chi connectivity index (χ1) is 13.5. The lowest BCUT2D eigenvalue weighted by atomic mass is 9.97. The molecule has 5 nitrogen and oxygen atoms in total. The van der Waals surface area contributed by atoms with Crippen molar-refractivity contribution in [2.24, 2.45) is 0 Å². The third kappa shape index (κ3) is 3.19. The predicted molar refractivity (Wildman–Crippen MR) is 103 cm³/mol. The number of benzene rings is 2. The molecule has 0 saturated heterocycles. The van der Waals surface area contributed by atoms with Crippen LogP contribution >= 0.6 is 0 Å². The van der Waals surface area contributed by atoms with Gasteiger partial charge in [-0.1, -0.05) is 18.2 Å². The number of aryl methyl sites for hydroxylation is 2. The first-order valence-corrected chi connectivity index (χ1v) is 9.46. The molecule has 0 radical (unpaired) electrons. The summed E-state index contributed by atoms with van der Waals surface area (Å²) in [6.07, 6.45) is 3.73. The SMILES string of the molecule is Cc1cccc(C)c1C(=O)c1c(OC2CCCC2)nc2ccc(F)cc2[n+]1[O-]. The van der Waals surface area contributed by atoms with E-state index in [9.17, 15) is 14.4 Å². The zero-order valence-electron chi connectivity index (χ0n) is 15.9. The van der Waals surface area contributed by atoms with Gasteiger partial charge in [-0.05, 0) is 62.8 Å². The maximum atomic E-state index is 13.7. The second-order valence-corrected chi connectivity index (χ2v) is 7.31. The van der Waals surface area contributed by atoms with Crippen LogP contribution in [0.25, 0.3) is 11.0 Å². The van der Waals surface area contributed by atoms with Crippen molar-refractivity contribution >= 4 is 16.8 Å². The minimum atomic E-state index is -0.561. The van der Waals surface area contributed by atoms with Crippen LogP contribution < -0.4 is 9.47 Å². The number of ketones is 1. The molecule has 1 fully saturated rings. The highest BCUT2D eigenvalue weighted by atomic mass is 19.1. The summed E-state index contributed by atoms with van der Waals surface area (Å²) in [5, 5.41) is 13.1. The summed E-state index contributed by atoms with van der Waals surface area (Å²) < 4.78 is 20.2. The van der Waals surface area contributed by atoms with Crippen LogP contribution in [0.15, 0.2) is 36.4 Å². The van der Waals surface area contributed by atoms with Gasteiger partial charge in [0.1, 0.15) is 17.4 Å². The molecule has 3 aromatic rings. The number of halogens is 1. The molecule has 2 aromatic carbocycles. The highest BCUT2D eigenvalue weighted by Gasteiger charge is 2.32. The fourth-order valence-corrected chi connectivity index (χ4v) is 3.85. The normalized spacial score (nSPS) is 14.5. The van der Waals surface area contributed by atoms with E-state index < -0.39 is 11.6 Å². The van der Waals surface area contributed by atoms with E-state index in [-0.39, 0.29) is 23.2 Å². The van der Waals surface area contributed by atoms with Gasteiger partial charge in [-0.3, -0.25) is 4.79 Å². The number of fused-ring (bicyclic) bond motifs is 1. The van der Waals surface area contributed by atoms with Gasteiger partial charge in [-0.15, -0.1) is 0 Å². The standard InChI is InChI=1S/C22H21FN2O3/c1-13-6-5-7-14(2)19(13)21(26)20-22(28-16-8-3-4-9-16)24-17-11-10-15(23)12-18(17)25(20)27/h5-7,10-12,16H,3-4,8-9H2,1-2H3. The second kappa shape index (κ2) is 7.19. The number of nitrogens with zero attached hydrogens (tertiary/aromatic N) is 2. The fourth-order valence-electron chi connectivity index (χ4n) is 3.85. The molecule has 1 aliphatic rings. The third-order valence-electron chi connectivity index (χ3n) is 5.29. The van der Waals surface area contributed by atoms with Crippen LogP contribution in [0.3, 0.4) is 0 Å². The van der Waals surface area contributed by atoms with E-state index >= 15 is 0 Å². The molecule has 0 aliphatic heterocycles. The number of rotatable bonds is 4. The van der Waals surface area contributed by atoms with Crippen molar-refractivity contribution in [2.75, 3.05) is 0 Å². The van der Waals surface area contributed by atoms with Crippen molar-refractivity contribution in [2.45, 2.75) is 45.6 Å². The summed E-state index contributed by atoms with van der Waals surface area (Å²) in [6.45, 7) is 3.64. The molecular weight excluding hydrogens is 359 g/mol. The van der Waals surface area contributed by atoms with Gasteiger partial charge in [0.15, 0.2) is 0 Å². The molecule has 0 atom stereocenters. The maximum Gasteiger partial charge on any atom is 0.328 e. The average molecular weight is 380 g/mol. The summed E-state index contributed by atoms with van der Waals surface area (Å²) in [7, 11) is 0. The minimum Gasteiger partial charge on any atom is -0.618 e. The zero-order valence-corrected chi connectivity index (χ0v) is 15.9. The second-order valence-electron chi connectivity index (χ2n) is 7.31. The number of aromatic nitrogens is 2. The average Bonchev–Trinajstić information content (AvgIpc) is 3.15. The van der Waals surface area contributed by atoms with Crippen LogP contribution in [0.4, 0.5) is 4.39 Å². The first kappa shape index (κ1) is 18.3. The fraction of sp³-hybridized carbons (Fsp3) is 0.318. The number of ether oxygens (including phenoxy) is 1. The van der Waals surface area contributed by atoms with Gasteiger partial charge < -0.3 is 9.94 Å². The lowest BCUT2D eigenvalue weighted by molar-refractivity contribution is -0.580. The van der Waals surface area contributed by atoms with E-state index in [1.54, 1.807) is 0 Å². The lowest BCUT2D eigenvalue weighted by Gasteiger charge is -2.16. The molecular formula is C22H21FN2O3. The quantitative estimate of drug-likeness (QED) is 0.387. The Hall–Kier alpha value is -3.02. The summed E-state index contributed by atoms with van der Waals surface area (Å²) in [5.41, 5.74) is 2.08. The van der Waals surface area contributed by atoms with Crippen LogP contribution in [0.1, 0.15) is 52.9 Å². The molecule has 0 unspecified atom stereocenters. The minimum absolute atomic E-state index is 0.00774. The van der Waals surface area contributed by atoms with E-state index in [0.29, 0.717) is 15.8 Å². The first-order valence-electron chi connectivity index (χ1n) is 9.46. The van der Waals surface area contributed by atoms with E-state index in [1.165, 1.54) is 12.1 Å². The molecule has 0 bridgehead atoms. The Bertz CT molecular complexity index is 1050. The van der Waals surface area contributed by atoms with E-state index in [0.717, 1.165) is 42.9 Å². The third-order valence-corrected chi connectivity index (χ3v) is 5.29. The van der Waals surface area contributed by atoms with Crippen molar-refractivity contribution in [3.05, 3.63) is 69.8 Å². The molecule has 6 heteroatoms. The van der Waals surface area contributed by atoms with Crippen LogP contribution in [0.5, 0.6) is 5.88 Å². The van der Waals surface area contributed by atoms with Gasteiger partial charge >= 0.3 is 5.69 Å². The molecule has 0 N–H and O–H groups in total. The van der Waals surface area contributed by atoms with Gasteiger partial charge in [-0.2, -0.15) is 4.73 Å². The molecule has 0 amide bonds. The van der Waals surface area contributed by atoms with Crippen LogP contribution in [-0.2, 0) is 0 Å². The predicted octanol–water partition coefficient (Wildman–Crippen LogP) is 4.18. The highest BCUT2D eigenvalue weighted by molar-refractivity contribution is 6.10. The Morgan fingerprint density at radius 2 is 1.86 bits per heavy atom. The molecule has 1 aromatic heterocycles. The Morgan fingerprint density at radius 1 is 1.18 bits per heavy atom. The maximum absolute atomic E-state index is 13.7. The van der Waals surface area contributed by atoms with Crippen molar-refractivity contribution in [3.63, 3.8) is 0 Å². The number of hydrogen-bond donors (Lipinski definition) is 0. The Balaban J connectivity index is 1.93. The Morgan fingerprint density at radius 3 is 2.54 bits per heavy atom. The summed E-state index contributed by atoms with van der Waals surface area (Å²) in [6, 6.07) is 9.25. The smallest absolute Gasteiger partial charge is 0.328 e. The molecule has 1 aliphatic carbocycles. The van der Waals surface area contributed by atoms with Crippen LogP contribution in [0.2, 0.25) is 0 Å². The van der Waals surface area contributed by atoms with Gasteiger partial charge in [0.05, 0.1) is 0 Å². The molecule has 1 heterocycles. The monoisotopic (exact) mass is 380 g/mol. The Kier molecular flexibility index (Phi) is 4.71. The molecule has 4 rings (SSSR count). The largest absolute Gasteiger partial charge is 0.618 e. The molecule has 144 valence electrons. The van der Waals surface area contributed by atoms with Crippen molar-refractivity contribution < 1.29 is 18.7 Å². The van der Waals surface area contributed by atoms with Crippen LogP contribution in [-0.4, -0.2) is 16.9 Å². The summed E-state index contributed by atoms with van der Waals surface area (Å²) >= 11 is 0. The topological polar surface area (TPSA) is 66.1 Å². The van der Waals surface area contributed by atoms with E-state index in [1.807, 2.05) is 32.0 Å². The molecule has 1 saturated carbocycles. The van der Waals surface area contributed by atoms with Gasteiger partial charge in [0, 0.05) is 11.6 Å². The van der Waals surface area contributed by atoms with Crippen molar-refractivity contribution in [3.8, 4) is 5.88 Å². The molecule has 0 spiro atoms. The highest BCUT2D eigenvalue weighted by Crippen LogP contribution is 2.28. The lowest BCUT2D eigenvalue weighted by Crippen LogP contribution is -2.38. The van der Waals surface area contributed by atoms with Crippen LogP contribution in [0, 0.1) is 24.9 Å². The number of carbonyl (C=O) groups excluding carboxylic acids is 1. The number of hydrogen-bond acceptors (Lipinski definition) is 4.